The van der Waals surface area contributed by atoms with E-state index in [9.17, 15) is 22.8 Å². The molecule has 3 rings (SSSR count). The van der Waals surface area contributed by atoms with Crippen molar-refractivity contribution in [2.75, 3.05) is 12.4 Å². The number of nitrogens with two attached hydrogens (primary N) is 1. The third kappa shape index (κ3) is 10.0. The number of carbonyl (C=O) groups is 3. The summed E-state index contributed by atoms with van der Waals surface area (Å²) < 4.78 is 43.0. The summed E-state index contributed by atoms with van der Waals surface area (Å²) in [5, 5.41) is 17.8. The van der Waals surface area contributed by atoms with Crippen LogP contribution in [-0.4, -0.2) is 53.1 Å². The number of benzene rings is 2. The molecule has 0 aliphatic heterocycles. The zero-order valence-corrected chi connectivity index (χ0v) is 22.7. The van der Waals surface area contributed by atoms with Gasteiger partial charge in [0.25, 0.3) is 11.8 Å². The number of hydrazine groups is 1. The van der Waals surface area contributed by atoms with Gasteiger partial charge in [-0.2, -0.15) is 13.2 Å². The summed E-state index contributed by atoms with van der Waals surface area (Å²) >= 11 is 0. The molecule has 0 bridgehead atoms. The highest BCUT2D eigenvalue weighted by atomic mass is 19.4. The first-order valence-electron chi connectivity index (χ1n) is 12.1. The van der Waals surface area contributed by atoms with Gasteiger partial charge in [0.05, 0.1) is 13.2 Å². The zero-order chi connectivity index (χ0) is 31.4. The molecule has 0 fully saturated rings. The van der Waals surface area contributed by atoms with Crippen LogP contribution < -0.4 is 31.4 Å². The van der Waals surface area contributed by atoms with Crippen LogP contribution in [0, 0.1) is 5.41 Å². The minimum absolute atomic E-state index is 0.0615. The van der Waals surface area contributed by atoms with E-state index in [0.717, 1.165) is 0 Å². The van der Waals surface area contributed by atoms with Crippen molar-refractivity contribution < 1.29 is 42.1 Å². The molecule has 1 unspecified atom stereocenters. The molecule has 0 saturated carbocycles. The van der Waals surface area contributed by atoms with Crippen LogP contribution in [0.2, 0.25) is 0 Å². The number of nitrogen functional groups attached to an aromatic ring is 1. The molecule has 1 heterocycles. The number of ether oxygens (including phenoxy) is 2. The molecule has 224 valence electrons. The fraction of sp³-hybridized carbons (Fsp3) is 0.222. The predicted molar refractivity (Wildman–Crippen MR) is 146 cm³/mol. The number of carbonyl (C=O) groups excluding carboxylic acids is 2. The number of aromatic nitrogens is 1. The van der Waals surface area contributed by atoms with Crippen LogP contribution >= 0.6 is 0 Å². The minimum atomic E-state index is -5.08. The van der Waals surface area contributed by atoms with Gasteiger partial charge in [-0.3, -0.25) is 30.8 Å². The van der Waals surface area contributed by atoms with E-state index >= 15 is 0 Å². The average Bonchev–Trinajstić information content (AvgIpc) is 2.95. The Morgan fingerprint density at radius 3 is 2.14 bits per heavy atom. The topological polar surface area (TPSA) is 189 Å². The van der Waals surface area contributed by atoms with Crippen molar-refractivity contribution in [2.24, 2.45) is 5.73 Å². The number of rotatable bonds is 9. The lowest BCUT2D eigenvalue weighted by Gasteiger charge is -2.22. The molecule has 0 spiro atoms. The highest BCUT2D eigenvalue weighted by Crippen LogP contribution is 2.32. The highest BCUT2D eigenvalue weighted by molar-refractivity contribution is 5.96. The normalized spacial score (nSPS) is 11.3. The molecule has 0 aliphatic carbocycles. The number of amidine groups is 1. The van der Waals surface area contributed by atoms with Gasteiger partial charge in [0.2, 0.25) is 0 Å². The molecule has 15 heteroatoms. The second-order valence-corrected chi connectivity index (χ2v) is 8.61. The third-order valence-electron chi connectivity index (χ3n) is 5.09. The Hall–Kier alpha value is -5.34. The number of amides is 2. The summed E-state index contributed by atoms with van der Waals surface area (Å²) in [6.07, 6.45) is -3.66. The summed E-state index contributed by atoms with van der Waals surface area (Å²) in [5.41, 5.74) is 12.2. The van der Waals surface area contributed by atoms with Crippen LogP contribution in [0.5, 0.6) is 11.5 Å². The summed E-state index contributed by atoms with van der Waals surface area (Å²) in [5.74, 6) is -2.90. The predicted octanol–water partition coefficient (Wildman–Crippen LogP) is 3.41. The number of aliphatic carboxylic acids is 1. The molecule has 0 aliphatic rings. The van der Waals surface area contributed by atoms with E-state index in [0.29, 0.717) is 28.3 Å². The SMILES string of the molecule is COc1cc(C(Nc2ccc(C(=N)N)cc2)C(=O)NNC(=O)c2ccccn2)ccc1OC(C)C.O=C(O)C(F)(F)F. The molecule has 1 atom stereocenters. The Morgan fingerprint density at radius 1 is 1.00 bits per heavy atom. The number of nitrogens with zero attached hydrogens (tertiary/aromatic N) is 1. The Labute approximate surface area is 238 Å². The molecule has 7 N–H and O–H groups in total. The maximum atomic E-state index is 13.2. The van der Waals surface area contributed by atoms with E-state index in [2.05, 4.69) is 21.2 Å². The van der Waals surface area contributed by atoms with Gasteiger partial charge in [-0.1, -0.05) is 12.1 Å². The lowest BCUT2D eigenvalue weighted by Crippen LogP contribution is -2.45. The lowest BCUT2D eigenvalue weighted by molar-refractivity contribution is -0.192. The van der Waals surface area contributed by atoms with Gasteiger partial charge in [-0.15, -0.1) is 0 Å². The van der Waals surface area contributed by atoms with Gasteiger partial charge in [0.15, 0.2) is 11.5 Å². The molecule has 12 nitrogen and oxygen atoms in total. The van der Waals surface area contributed by atoms with E-state index in [-0.39, 0.29) is 17.6 Å². The number of methoxy groups -OCH3 is 1. The zero-order valence-electron chi connectivity index (χ0n) is 22.7. The summed E-state index contributed by atoms with van der Waals surface area (Å²) in [6, 6.07) is 15.9. The highest BCUT2D eigenvalue weighted by Gasteiger charge is 2.38. The van der Waals surface area contributed by atoms with Crippen molar-refractivity contribution in [3.8, 4) is 11.5 Å². The van der Waals surface area contributed by atoms with Crippen molar-refractivity contribution in [1.82, 2.24) is 15.8 Å². The van der Waals surface area contributed by atoms with Crippen molar-refractivity contribution in [3.05, 3.63) is 83.7 Å². The molecule has 0 saturated heterocycles. The Kier molecular flexibility index (Phi) is 11.6. The van der Waals surface area contributed by atoms with Crippen LogP contribution in [0.4, 0.5) is 18.9 Å². The summed E-state index contributed by atoms with van der Waals surface area (Å²) in [4.78, 5) is 38.4. The summed E-state index contributed by atoms with van der Waals surface area (Å²) in [6.45, 7) is 3.81. The third-order valence-corrected chi connectivity index (χ3v) is 5.09. The van der Waals surface area contributed by atoms with Crippen LogP contribution in [0.25, 0.3) is 0 Å². The van der Waals surface area contributed by atoms with Crippen molar-refractivity contribution in [3.63, 3.8) is 0 Å². The molecular formula is C27H29F3N6O6. The van der Waals surface area contributed by atoms with Crippen LogP contribution in [0.15, 0.2) is 66.9 Å². The van der Waals surface area contributed by atoms with E-state index in [1.165, 1.54) is 19.4 Å². The standard InChI is InChI=1S/C25H28N6O4.C2HF3O2/c1-15(2)35-20-12-9-17(14-21(20)34-3)22(29-18-10-7-16(8-11-18)23(26)27)25(33)31-30-24(32)19-6-4-5-13-28-19;3-2(4,5)1(6)7/h4-15,22,29H,1-3H3,(H3,26,27)(H,30,32)(H,31,33);(H,6,7). The number of hydrogen-bond acceptors (Lipinski definition) is 8. The maximum Gasteiger partial charge on any atom is 0.490 e. The molecular weight excluding hydrogens is 561 g/mol. The number of alkyl halides is 3. The fourth-order valence-electron chi connectivity index (χ4n) is 3.18. The van der Waals surface area contributed by atoms with Gasteiger partial charge in [0.1, 0.15) is 17.6 Å². The van der Waals surface area contributed by atoms with Crippen molar-refractivity contribution >= 4 is 29.3 Å². The van der Waals surface area contributed by atoms with Gasteiger partial charge < -0.3 is 25.6 Å². The molecule has 2 aromatic carbocycles. The number of halogens is 3. The van der Waals surface area contributed by atoms with Gasteiger partial charge in [-0.05, 0) is 67.9 Å². The van der Waals surface area contributed by atoms with Crippen LogP contribution in [-0.2, 0) is 9.59 Å². The number of nitrogens with one attached hydrogen (secondary N) is 4. The molecule has 2 amide bonds. The van der Waals surface area contributed by atoms with Crippen molar-refractivity contribution in [2.45, 2.75) is 32.2 Å². The maximum absolute atomic E-state index is 13.2. The number of carboxylic acid groups (broad SMARTS) is 1. The number of anilines is 1. The average molecular weight is 591 g/mol. The summed E-state index contributed by atoms with van der Waals surface area (Å²) in [7, 11) is 1.52. The van der Waals surface area contributed by atoms with E-state index in [4.69, 9.17) is 30.5 Å². The van der Waals surface area contributed by atoms with Crippen LogP contribution in [0.1, 0.15) is 41.5 Å². The fourth-order valence-corrected chi connectivity index (χ4v) is 3.18. The van der Waals surface area contributed by atoms with E-state index in [1.54, 1.807) is 54.6 Å². The quantitative estimate of drug-likeness (QED) is 0.123. The second kappa shape index (κ2) is 14.9. The lowest BCUT2D eigenvalue weighted by atomic mass is 10.0. The number of carboxylic acids is 1. The van der Waals surface area contributed by atoms with Crippen LogP contribution in [0.3, 0.4) is 0 Å². The first-order valence-corrected chi connectivity index (χ1v) is 12.1. The molecule has 0 radical (unpaired) electrons. The molecule has 1 aromatic heterocycles. The molecule has 3 aromatic rings. The van der Waals surface area contributed by atoms with Crippen molar-refractivity contribution in [1.29, 1.82) is 5.41 Å². The number of hydrogen-bond donors (Lipinski definition) is 6. The first-order chi connectivity index (χ1) is 19.7. The number of pyridine rings is 1. The Morgan fingerprint density at radius 2 is 1.64 bits per heavy atom. The monoisotopic (exact) mass is 590 g/mol. The largest absolute Gasteiger partial charge is 0.493 e. The van der Waals surface area contributed by atoms with Gasteiger partial charge in [-0.25, -0.2) is 4.79 Å². The van der Waals surface area contributed by atoms with Gasteiger partial charge in [0, 0.05) is 17.4 Å². The molecule has 42 heavy (non-hydrogen) atoms. The van der Waals surface area contributed by atoms with E-state index in [1.807, 2.05) is 13.8 Å². The Balaban J connectivity index is 0.000000782. The van der Waals surface area contributed by atoms with E-state index < -0.39 is 30.0 Å². The smallest absolute Gasteiger partial charge is 0.490 e. The van der Waals surface area contributed by atoms with Gasteiger partial charge >= 0.3 is 12.1 Å². The first kappa shape index (κ1) is 32.9. The minimum Gasteiger partial charge on any atom is -0.493 e. The second-order valence-electron chi connectivity index (χ2n) is 8.61. The Bertz CT molecular complexity index is 1390.